The maximum absolute atomic E-state index is 14.3. The van der Waals surface area contributed by atoms with Gasteiger partial charge in [0.1, 0.15) is 11.6 Å². The Hall–Kier alpha value is -2.63. The van der Waals surface area contributed by atoms with Gasteiger partial charge >= 0.3 is 5.97 Å². The highest BCUT2D eigenvalue weighted by Crippen LogP contribution is 2.27. The van der Waals surface area contributed by atoms with Crippen LogP contribution in [0.4, 0.5) is 4.39 Å². The monoisotopic (exact) mass is 331 g/mol. The Kier molecular flexibility index (Phi) is 4.64. The maximum Gasteiger partial charge on any atom is 0.335 e. The highest BCUT2D eigenvalue weighted by atomic mass is 19.1. The molecule has 1 fully saturated rings. The number of carbonyl (C=O) groups excluding carboxylic acids is 1. The second kappa shape index (κ2) is 6.86. The lowest BCUT2D eigenvalue weighted by Crippen LogP contribution is -2.38. The minimum absolute atomic E-state index is 0.0427. The molecule has 2 aromatic rings. The Morgan fingerprint density at radius 3 is 2.58 bits per heavy atom. The van der Waals surface area contributed by atoms with E-state index < -0.39 is 17.7 Å². The Morgan fingerprint density at radius 2 is 2.00 bits per heavy atom. The van der Waals surface area contributed by atoms with Gasteiger partial charge in [0.15, 0.2) is 0 Å². The number of amides is 1. The van der Waals surface area contributed by atoms with E-state index in [2.05, 4.69) is 0 Å². The van der Waals surface area contributed by atoms with Gasteiger partial charge in [0.2, 0.25) is 0 Å². The van der Waals surface area contributed by atoms with Gasteiger partial charge < -0.3 is 14.4 Å². The van der Waals surface area contributed by atoms with Crippen LogP contribution in [0.15, 0.2) is 41.0 Å². The molecule has 1 aromatic carbocycles. The van der Waals surface area contributed by atoms with Gasteiger partial charge in [-0.25, -0.2) is 9.18 Å². The van der Waals surface area contributed by atoms with E-state index in [-0.39, 0.29) is 23.7 Å². The van der Waals surface area contributed by atoms with E-state index in [9.17, 15) is 14.0 Å². The molecule has 1 aromatic heterocycles. The predicted molar refractivity (Wildman–Crippen MR) is 84.2 cm³/mol. The van der Waals surface area contributed by atoms with E-state index in [1.807, 2.05) is 0 Å². The van der Waals surface area contributed by atoms with Gasteiger partial charge in [-0.05, 0) is 43.2 Å². The third kappa shape index (κ3) is 3.32. The van der Waals surface area contributed by atoms with E-state index in [4.69, 9.17) is 9.52 Å². The summed E-state index contributed by atoms with van der Waals surface area (Å²) in [5, 5.41) is 8.92. The molecule has 1 heterocycles. The first-order valence-corrected chi connectivity index (χ1v) is 7.92. The summed E-state index contributed by atoms with van der Waals surface area (Å²) < 4.78 is 19.6. The van der Waals surface area contributed by atoms with E-state index in [0.717, 1.165) is 31.7 Å². The fourth-order valence-corrected chi connectivity index (χ4v) is 3.13. The number of hydrogen-bond acceptors (Lipinski definition) is 3. The van der Waals surface area contributed by atoms with Crippen LogP contribution in [0.3, 0.4) is 0 Å². The van der Waals surface area contributed by atoms with Crippen LogP contribution in [0.5, 0.6) is 0 Å². The Morgan fingerprint density at radius 1 is 1.25 bits per heavy atom. The zero-order valence-corrected chi connectivity index (χ0v) is 13.1. The van der Waals surface area contributed by atoms with Crippen LogP contribution >= 0.6 is 0 Å². The molecule has 0 spiro atoms. The topological polar surface area (TPSA) is 70.8 Å². The van der Waals surface area contributed by atoms with Crippen LogP contribution in [0, 0.1) is 5.82 Å². The van der Waals surface area contributed by atoms with Crippen LogP contribution < -0.4 is 0 Å². The minimum Gasteiger partial charge on any atom is -0.478 e. The first-order valence-electron chi connectivity index (χ1n) is 7.92. The number of benzene rings is 1. The lowest BCUT2D eigenvalue weighted by atomic mass is 10.1. The van der Waals surface area contributed by atoms with E-state index >= 15 is 0 Å². The molecule has 0 radical (unpaired) electrons. The summed E-state index contributed by atoms with van der Waals surface area (Å²) in [6, 6.07) is 6.94. The molecule has 1 aliphatic rings. The molecule has 3 rings (SSSR count). The van der Waals surface area contributed by atoms with Crippen molar-refractivity contribution in [3.05, 3.63) is 59.3 Å². The summed E-state index contributed by atoms with van der Waals surface area (Å²) in [5.74, 6) is -1.84. The molecule has 126 valence electrons. The van der Waals surface area contributed by atoms with Crippen molar-refractivity contribution in [3.63, 3.8) is 0 Å². The normalized spacial score (nSPS) is 14.7. The van der Waals surface area contributed by atoms with Gasteiger partial charge in [-0.15, -0.1) is 0 Å². The molecule has 24 heavy (non-hydrogen) atoms. The number of carboxylic acids is 1. The summed E-state index contributed by atoms with van der Waals surface area (Å²) in [4.78, 5) is 25.4. The molecule has 5 nitrogen and oxygen atoms in total. The van der Waals surface area contributed by atoms with Gasteiger partial charge in [0.25, 0.3) is 5.91 Å². The summed E-state index contributed by atoms with van der Waals surface area (Å²) in [5.41, 5.74) is -0.291. The molecular formula is C18H18FNO4. The number of aromatic carboxylic acids is 1. The second-order valence-electron chi connectivity index (χ2n) is 5.95. The van der Waals surface area contributed by atoms with Crippen molar-refractivity contribution in [2.45, 2.75) is 38.3 Å². The molecule has 1 amide bonds. The molecule has 1 saturated carbocycles. The van der Waals surface area contributed by atoms with Gasteiger partial charge in [-0.3, -0.25) is 4.79 Å². The summed E-state index contributed by atoms with van der Waals surface area (Å²) in [6.07, 6.45) is 5.36. The van der Waals surface area contributed by atoms with Crippen molar-refractivity contribution >= 4 is 11.9 Å². The first kappa shape index (κ1) is 16.2. The quantitative estimate of drug-likeness (QED) is 0.907. The summed E-state index contributed by atoms with van der Waals surface area (Å²) in [7, 11) is 0. The van der Waals surface area contributed by atoms with Crippen LogP contribution in [-0.2, 0) is 6.54 Å². The number of nitrogens with zero attached hydrogens (tertiary/aromatic N) is 1. The van der Waals surface area contributed by atoms with Gasteiger partial charge in [-0.2, -0.15) is 0 Å². The molecule has 0 saturated heterocycles. The van der Waals surface area contributed by atoms with Crippen LogP contribution in [-0.4, -0.2) is 27.9 Å². The lowest BCUT2D eigenvalue weighted by Gasteiger charge is -2.28. The second-order valence-corrected chi connectivity index (χ2v) is 5.95. The largest absolute Gasteiger partial charge is 0.478 e. The molecule has 0 bridgehead atoms. The van der Waals surface area contributed by atoms with Crippen LogP contribution in [0.2, 0.25) is 0 Å². The predicted octanol–water partition coefficient (Wildman–Crippen LogP) is 3.70. The average molecular weight is 331 g/mol. The highest BCUT2D eigenvalue weighted by molar-refractivity contribution is 5.96. The first-order chi connectivity index (χ1) is 11.6. The highest BCUT2D eigenvalue weighted by Gasteiger charge is 2.29. The van der Waals surface area contributed by atoms with Crippen molar-refractivity contribution in [3.8, 4) is 0 Å². The number of carboxylic acid groups (broad SMARTS) is 1. The Bertz CT molecular complexity index is 735. The zero-order chi connectivity index (χ0) is 17.1. The van der Waals surface area contributed by atoms with Crippen molar-refractivity contribution < 1.29 is 23.5 Å². The third-order valence-corrected chi connectivity index (χ3v) is 4.38. The molecule has 1 aliphatic carbocycles. The molecule has 0 aliphatic heterocycles. The standard InChI is InChI=1S/C18H18FNO4/c19-16-10-12(18(22)23)7-8-15(16)17(21)20(13-4-1-2-5-13)11-14-6-3-9-24-14/h3,6-10,13H,1-2,4-5,11H2,(H,22,23). The fourth-order valence-electron chi connectivity index (χ4n) is 3.13. The van der Waals surface area contributed by atoms with Crippen molar-refractivity contribution in [1.29, 1.82) is 0 Å². The van der Waals surface area contributed by atoms with Crippen molar-refractivity contribution in [2.75, 3.05) is 0 Å². The Labute approximate surface area is 138 Å². The van der Waals surface area contributed by atoms with Crippen molar-refractivity contribution in [2.24, 2.45) is 0 Å². The Balaban J connectivity index is 1.89. The maximum atomic E-state index is 14.3. The van der Waals surface area contributed by atoms with Crippen LogP contribution in [0.25, 0.3) is 0 Å². The smallest absolute Gasteiger partial charge is 0.335 e. The number of furan rings is 1. The number of halogens is 1. The number of hydrogen-bond donors (Lipinski definition) is 1. The fraction of sp³-hybridized carbons (Fsp3) is 0.333. The van der Waals surface area contributed by atoms with E-state index in [0.29, 0.717) is 5.76 Å². The minimum atomic E-state index is -1.23. The van der Waals surface area contributed by atoms with Crippen molar-refractivity contribution in [1.82, 2.24) is 4.90 Å². The number of rotatable bonds is 5. The van der Waals surface area contributed by atoms with Gasteiger partial charge in [-0.1, -0.05) is 12.8 Å². The zero-order valence-electron chi connectivity index (χ0n) is 13.1. The number of carbonyl (C=O) groups is 2. The van der Waals surface area contributed by atoms with Gasteiger partial charge in [0.05, 0.1) is 23.9 Å². The van der Waals surface area contributed by atoms with E-state index in [1.165, 1.54) is 18.4 Å². The SMILES string of the molecule is O=C(O)c1ccc(C(=O)N(Cc2ccco2)C2CCCC2)c(F)c1. The third-order valence-electron chi connectivity index (χ3n) is 4.38. The van der Waals surface area contributed by atoms with Crippen LogP contribution in [0.1, 0.15) is 52.2 Å². The summed E-state index contributed by atoms with van der Waals surface area (Å²) in [6.45, 7) is 0.274. The summed E-state index contributed by atoms with van der Waals surface area (Å²) >= 11 is 0. The molecular weight excluding hydrogens is 313 g/mol. The molecule has 6 heteroatoms. The molecule has 0 atom stereocenters. The average Bonchev–Trinajstić information content (AvgIpc) is 3.25. The van der Waals surface area contributed by atoms with Gasteiger partial charge in [0, 0.05) is 6.04 Å². The molecule has 1 N–H and O–H groups in total. The lowest BCUT2D eigenvalue weighted by molar-refractivity contribution is 0.0640. The van der Waals surface area contributed by atoms with E-state index in [1.54, 1.807) is 17.0 Å². The molecule has 0 unspecified atom stereocenters.